The van der Waals surface area contributed by atoms with Crippen molar-refractivity contribution in [2.75, 3.05) is 0 Å². The molecule has 128 valence electrons. The summed E-state index contributed by atoms with van der Waals surface area (Å²) in [7, 11) is 0. The van der Waals surface area contributed by atoms with Crippen molar-refractivity contribution in [3.8, 4) is 17.0 Å². The molecule has 4 aromatic rings. The molecular formula is C19H17ClN2O2S. The van der Waals surface area contributed by atoms with Crippen molar-refractivity contribution in [2.24, 2.45) is 0 Å². The topological polar surface area (TPSA) is 39.7 Å². The lowest BCUT2D eigenvalue weighted by molar-refractivity contribution is 0.303. The van der Waals surface area contributed by atoms with E-state index in [1.54, 1.807) is 15.9 Å². The lowest BCUT2D eigenvalue weighted by Gasteiger charge is -2.04. The number of rotatable bonds is 4. The maximum absolute atomic E-state index is 6.46. The van der Waals surface area contributed by atoms with Gasteiger partial charge in [0.15, 0.2) is 0 Å². The summed E-state index contributed by atoms with van der Waals surface area (Å²) in [5.41, 5.74) is 5.40. The first-order chi connectivity index (χ1) is 12.0. The number of ether oxygens (including phenoxy) is 1. The minimum Gasteiger partial charge on any atom is -0.482 e. The Morgan fingerprint density at radius 1 is 1.24 bits per heavy atom. The van der Waals surface area contributed by atoms with E-state index >= 15 is 0 Å². The number of thiophene rings is 1. The van der Waals surface area contributed by atoms with E-state index in [0.29, 0.717) is 23.1 Å². The molecule has 1 aromatic carbocycles. The summed E-state index contributed by atoms with van der Waals surface area (Å²) >= 11 is 8.11. The van der Waals surface area contributed by atoms with Crippen molar-refractivity contribution in [3.05, 3.63) is 62.6 Å². The van der Waals surface area contributed by atoms with Crippen LogP contribution in [0.25, 0.3) is 17.0 Å². The zero-order chi connectivity index (χ0) is 17.6. The summed E-state index contributed by atoms with van der Waals surface area (Å²) in [6.45, 7) is 6.34. The van der Waals surface area contributed by atoms with Gasteiger partial charge in [-0.05, 0) is 54.8 Å². The van der Waals surface area contributed by atoms with Crippen LogP contribution in [0.5, 0.6) is 5.75 Å². The van der Waals surface area contributed by atoms with Gasteiger partial charge < -0.3 is 9.15 Å². The van der Waals surface area contributed by atoms with Crippen molar-refractivity contribution in [1.29, 1.82) is 0 Å². The number of hydrogen-bond donors (Lipinski definition) is 0. The van der Waals surface area contributed by atoms with E-state index in [9.17, 15) is 0 Å². The van der Waals surface area contributed by atoms with Gasteiger partial charge in [-0.2, -0.15) is 21.0 Å². The van der Waals surface area contributed by atoms with Crippen molar-refractivity contribution in [2.45, 2.75) is 27.4 Å². The molecule has 0 bridgehead atoms. The quantitative estimate of drug-likeness (QED) is 0.453. The molecule has 4 nitrogen and oxygen atoms in total. The van der Waals surface area contributed by atoms with Crippen molar-refractivity contribution in [3.63, 3.8) is 0 Å². The van der Waals surface area contributed by atoms with Crippen LogP contribution in [0.15, 0.2) is 39.4 Å². The summed E-state index contributed by atoms with van der Waals surface area (Å²) in [5, 5.41) is 9.40. The third kappa shape index (κ3) is 2.83. The Morgan fingerprint density at radius 2 is 2.08 bits per heavy atom. The largest absolute Gasteiger partial charge is 0.482 e. The second kappa shape index (κ2) is 6.24. The fourth-order valence-electron chi connectivity index (χ4n) is 2.89. The fourth-order valence-corrected chi connectivity index (χ4v) is 3.87. The Hall–Kier alpha value is -2.24. The molecule has 0 N–H and O–H groups in total. The van der Waals surface area contributed by atoms with Gasteiger partial charge in [0.2, 0.25) is 5.75 Å². The molecule has 3 aromatic heterocycles. The molecule has 0 aliphatic heterocycles. The van der Waals surface area contributed by atoms with Crippen LogP contribution in [0.2, 0.25) is 5.02 Å². The summed E-state index contributed by atoms with van der Waals surface area (Å²) in [4.78, 5) is 0. The highest BCUT2D eigenvalue weighted by atomic mass is 35.5. The molecule has 0 spiro atoms. The van der Waals surface area contributed by atoms with Gasteiger partial charge in [-0.3, -0.25) is 0 Å². The monoisotopic (exact) mass is 372 g/mol. The van der Waals surface area contributed by atoms with Crippen LogP contribution in [-0.2, 0) is 6.61 Å². The predicted molar refractivity (Wildman–Crippen MR) is 101 cm³/mol. The van der Waals surface area contributed by atoms with Crippen LogP contribution in [0, 0.1) is 20.8 Å². The highest BCUT2D eigenvalue weighted by Gasteiger charge is 2.22. The Labute approximate surface area is 154 Å². The first-order valence-corrected chi connectivity index (χ1v) is 9.26. The third-order valence-electron chi connectivity index (χ3n) is 4.10. The lowest BCUT2D eigenvalue weighted by atomic mass is 10.1. The predicted octanol–water partition coefficient (Wildman–Crippen LogP) is 5.81. The molecular weight excluding hydrogens is 356 g/mol. The maximum atomic E-state index is 6.46. The minimum atomic E-state index is 0.492. The molecule has 0 saturated heterocycles. The number of fused-ring (bicyclic) bond motifs is 1. The van der Waals surface area contributed by atoms with Crippen molar-refractivity contribution < 1.29 is 9.15 Å². The lowest BCUT2D eigenvalue weighted by Crippen LogP contribution is -1.94. The minimum absolute atomic E-state index is 0.492. The molecule has 3 heterocycles. The highest BCUT2D eigenvalue weighted by Crippen LogP contribution is 2.37. The average molecular weight is 373 g/mol. The number of aromatic nitrogens is 2. The number of aryl methyl sites for hydroxylation is 3. The second-order valence-corrected chi connectivity index (χ2v) is 7.23. The third-order valence-corrected chi connectivity index (χ3v) is 5.15. The highest BCUT2D eigenvalue weighted by molar-refractivity contribution is 7.07. The van der Waals surface area contributed by atoms with Gasteiger partial charge in [-0.25, -0.2) is 0 Å². The summed E-state index contributed by atoms with van der Waals surface area (Å²) in [6, 6.07) is 8.02. The van der Waals surface area contributed by atoms with Crippen LogP contribution < -0.4 is 4.74 Å². The molecule has 0 unspecified atom stereocenters. The van der Waals surface area contributed by atoms with Gasteiger partial charge in [0.05, 0.1) is 5.02 Å². The van der Waals surface area contributed by atoms with Gasteiger partial charge in [-0.15, -0.1) is 0 Å². The van der Waals surface area contributed by atoms with E-state index in [-0.39, 0.29) is 0 Å². The number of hydrogen-bond acceptors (Lipinski definition) is 4. The number of oxazole rings is 1. The van der Waals surface area contributed by atoms with Crippen LogP contribution in [0.3, 0.4) is 0 Å². The van der Waals surface area contributed by atoms with Crippen LogP contribution in [0.4, 0.5) is 0 Å². The number of benzene rings is 1. The van der Waals surface area contributed by atoms with Crippen LogP contribution in [0.1, 0.15) is 22.6 Å². The van der Waals surface area contributed by atoms with Crippen molar-refractivity contribution >= 4 is 28.7 Å². The van der Waals surface area contributed by atoms with Gasteiger partial charge in [-0.1, -0.05) is 23.7 Å². The van der Waals surface area contributed by atoms with Gasteiger partial charge >= 0.3 is 0 Å². The molecule has 0 atom stereocenters. The fraction of sp³-hybridized carbons (Fsp3) is 0.211. The number of halogens is 1. The molecule has 0 fully saturated rings. The molecule has 25 heavy (non-hydrogen) atoms. The maximum Gasteiger partial charge on any atom is 0.266 e. The van der Waals surface area contributed by atoms with E-state index in [1.165, 1.54) is 0 Å². The Kier molecular flexibility index (Phi) is 4.06. The van der Waals surface area contributed by atoms with E-state index in [2.05, 4.69) is 10.5 Å². The zero-order valence-electron chi connectivity index (χ0n) is 14.2. The molecule has 0 saturated carbocycles. The summed E-state index contributed by atoms with van der Waals surface area (Å²) in [5.74, 6) is 1.43. The normalized spacial score (nSPS) is 11.4. The first kappa shape index (κ1) is 16.2. The van der Waals surface area contributed by atoms with Crippen LogP contribution in [-0.4, -0.2) is 9.61 Å². The summed E-state index contributed by atoms with van der Waals surface area (Å²) in [6.07, 6.45) is 0. The van der Waals surface area contributed by atoms with Gasteiger partial charge in [0, 0.05) is 5.56 Å². The molecule has 0 aliphatic rings. The summed E-state index contributed by atoms with van der Waals surface area (Å²) < 4.78 is 13.7. The standard InChI is InChI=1S/C19H17ClN2O2S/c1-11-4-5-15(16(20)8-11)17-13(3)24-19-18(12(2)21-22(17)19)23-9-14-6-7-25-10-14/h4-8,10H,9H2,1-3H3. The zero-order valence-corrected chi connectivity index (χ0v) is 15.7. The van der Waals surface area contributed by atoms with E-state index < -0.39 is 0 Å². The Morgan fingerprint density at radius 3 is 2.80 bits per heavy atom. The number of nitrogens with zero attached hydrogens (tertiary/aromatic N) is 2. The van der Waals surface area contributed by atoms with Crippen molar-refractivity contribution in [1.82, 2.24) is 9.61 Å². The van der Waals surface area contributed by atoms with E-state index in [0.717, 1.165) is 33.8 Å². The molecule has 0 radical (unpaired) electrons. The molecule has 0 aliphatic carbocycles. The van der Waals surface area contributed by atoms with Crippen LogP contribution >= 0.6 is 22.9 Å². The average Bonchev–Trinajstić information content (AvgIpc) is 3.24. The molecule has 6 heteroatoms. The smallest absolute Gasteiger partial charge is 0.266 e. The first-order valence-electron chi connectivity index (χ1n) is 7.93. The van der Waals surface area contributed by atoms with Gasteiger partial charge in [0.25, 0.3) is 5.71 Å². The van der Waals surface area contributed by atoms with Gasteiger partial charge in [0.1, 0.15) is 23.8 Å². The second-order valence-electron chi connectivity index (χ2n) is 6.04. The molecule has 4 rings (SSSR count). The Bertz CT molecular complexity index is 1050. The Balaban J connectivity index is 1.79. The van der Waals surface area contributed by atoms with E-state index in [1.807, 2.05) is 50.4 Å². The molecule has 0 amide bonds. The van der Waals surface area contributed by atoms with E-state index in [4.69, 9.17) is 20.8 Å². The SMILES string of the molecule is Cc1ccc(-c2c(C)oc3c(OCc4ccsc4)c(C)nn23)c(Cl)c1.